The van der Waals surface area contributed by atoms with E-state index in [0.29, 0.717) is 10.8 Å². The third-order valence-electron chi connectivity index (χ3n) is 1.77. The molecule has 61 valence electrons. The lowest BCUT2D eigenvalue weighted by Gasteiger charge is -2.04. The van der Waals surface area contributed by atoms with Crippen LogP contribution in [0.15, 0.2) is 18.3 Å². The minimum Gasteiger partial charge on any atom is -0.495 e. The third-order valence-corrected chi connectivity index (χ3v) is 2.06. The Morgan fingerprint density at radius 1 is 1.42 bits per heavy atom. The molecular weight excluding hydrogens is 174 g/mol. The Morgan fingerprint density at radius 2 is 2.25 bits per heavy atom. The molecule has 1 aliphatic heterocycles. The monoisotopic (exact) mass is 180 g/mol. The molecular formula is C9H7ClNO. The van der Waals surface area contributed by atoms with Gasteiger partial charge in [0.05, 0.1) is 17.8 Å². The number of methoxy groups -OCH3 is 1. The third kappa shape index (κ3) is 1.04. The standard InChI is InChI=1S/C9H7ClNO/c1-12-9-5-8-6(2-3-11-8)4-7(9)10/h2-5H,1H3. The van der Waals surface area contributed by atoms with Gasteiger partial charge in [-0.15, -0.1) is 0 Å². The van der Waals surface area contributed by atoms with Crippen LogP contribution < -0.4 is 10.1 Å². The van der Waals surface area contributed by atoms with Crippen molar-refractivity contribution in [1.29, 1.82) is 0 Å². The van der Waals surface area contributed by atoms with E-state index in [4.69, 9.17) is 16.3 Å². The van der Waals surface area contributed by atoms with Crippen molar-refractivity contribution in [1.82, 2.24) is 5.32 Å². The zero-order valence-electron chi connectivity index (χ0n) is 6.54. The summed E-state index contributed by atoms with van der Waals surface area (Å²) in [4.78, 5) is 0. The van der Waals surface area contributed by atoms with Crippen molar-refractivity contribution in [2.75, 3.05) is 7.11 Å². The molecule has 1 aliphatic rings. The molecule has 0 fully saturated rings. The van der Waals surface area contributed by atoms with Gasteiger partial charge in [-0.3, -0.25) is 5.32 Å². The molecule has 0 spiro atoms. The number of nitrogens with zero attached hydrogens (tertiary/aromatic N) is 1. The summed E-state index contributed by atoms with van der Waals surface area (Å²) in [5.41, 5.74) is 1.96. The minimum atomic E-state index is 0.623. The number of halogens is 1. The molecule has 2 nitrogen and oxygen atoms in total. The first-order valence-corrected chi connectivity index (χ1v) is 3.94. The molecule has 3 heteroatoms. The number of hydrogen-bond donors (Lipinski definition) is 0. The second kappa shape index (κ2) is 2.72. The van der Waals surface area contributed by atoms with Crippen LogP contribution >= 0.6 is 11.6 Å². The number of fused-ring (bicyclic) bond motifs is 1. The van der Waals surface area contributed by atoms with Crippen molar-refractivity contribution < 1.29 is 4.74 Å². The van der Waals surface area contributed by atoms with Crippen LogP contribution in [0.2, 0.25) is 5.02 Å². The van der Waals surface area contributed by atoms with E-state index in [-0.39, 0.29) is 0 Å². The van der Waals surface area contributed by atoms with E-state index in [1.807, 2.05) is 18.2 Å². The Bertz CT molecular complexity index is 346. The van der Waals surface area contributed by atoms with Gasteiger partial charge in [0, 0.05) is 17.8 Å². The van der Waals surface area contributed by atoms with Gasteiger partial charge in [-0.25, -0.2) is 0 Å². The summed E-state index contributed by atoms with van der Waals surface area (Å²) in [6.07, 6.45) is 3.67. The van der Waals surface area contributed by atoms with Gasteiger partial charge in [-0.1, -0.05) is 11.6 Å². The zero-order chi connectivity index (χ0) is 8.55. The van der Waals surface area contributed by atoms with Crippen LogP contribution in [0.4, 0.5) is 5.69 Å². The lowest BCUT2D eigenvalue weighted by Crippen LogP contribution is -1.87. The van der Waals surface area contributed by atoms with Crippen molar-refractivity contribution in [2.24, 2.45) is 0 Å². The molecule has 0 bridgehead atoms. The highest BCUT2D eigenvalue weighted by Crippen LogP contribution is 2.34. The lowest BCUT2D eigenvalue weighted by atomic mass is 10.2. The van der Waals surface area contributed by atoms with Gasteiger partial charge in [0.25, 0.3) is 0 Å². The normalized spacial score (nSPS) is 12.5. The first-order chi connectivity index (χ1) is 5.81. The largest absolute Gasteiger partial charge is 0.495 e. The van der Waals surface area contributed by atoms with Crippen molar-refractivity contribution in [2.45, 2.75) is 0 Å². The topological polar surface area (TPSA) is 23.3 Å². The van der Waals surface area contributed by atoms with Gasteiger partial charge in [0.2, 0.25) is 0 Å². The zero-order valence-corrected chi connectivity index (χ0v) is 7.30. The molecule has 0 aromatic heterocycles. The first kappa shape index (κ1) is 7.50. The SMILES string of the molecule is COc1cc2c(cc1Cl)C=C[N]2. The summed E-state index contributed by atoms with van der Waals surface area (Å²) in [6, 6.07) is 3.68. The summed E-state index contributed by atoms with van der Waals surface area (Å²) < 4.78 is 5.05. The quantitative estimate of drug-likeness (QED) is 0.652. The Kier molecular flexibility index (Phi) is 1.70. The summed E-state index contributed by atoms with van der Waals surface area (Å²) in [7, 11) is 1.59. The molecule has 0 saturated carbocycles. The average molecular weight is 181 g/mol. The molecule has 0 saturated heterocycles. The van der Waals surface area contributed by atoms with Crippen molar-refractivity contribution in [3.05, 3.63) is 28.9 Å². The summed E-state index contributed by atoms with van der Waals surface area (Å²) >= 11 is 5.91. The second-order valence-corrected chi connectivity index (χ2v) is 2.90. The maximum Gasteiger partial charge on any atom is 0.139 e. The minimum absolute atomic E-state index is 0.623. The molecule has 1 aromatic rings. The average Bonchev–Trinajstić information content (AvgIpc) is 2.49. The molecule has 0 unspecified atom stereocenters. The van der Waals surface area contributed by atoms with Gasteiger partial charge < -0.3 is 4.74 Å². The summed E-state index contributed by atoms with van der Waals surface area (Å²) in [5.74, 6) is 0.669. The van der Waals surface area contributed by atoms with Gasteiger partial charge >= 0.3 is 0 Å². The highest BCUT2D eigenvalue weighted by Gasteiger charge is 2.10. The van der Waals surface area contributed by atoms with Crippen LogP contribution in [-0.2, 0) is 0 Å². The van der Waals surface area contributed by atoms with Crippen LogP contribution in [0.1, 0.15) is 5.56 Å². The van der Waals surface area contributed by atoms with Gasteiger partial charge in [0.15, 0.2) is 0 Å². The molecule has 0 N–H and O–H groups in total. The fourth-order valence-electron chi connectivity index (χ4n) is 1.16. The number of ether oxygens (including phenoxy) is 1. The van der Waals surface area contributed by atoms with E-state index >= 15 is 0 Å². The lowest BCUT2D eigenvalue weighted by molar-refractivity contribution is 0.415. The summed E-state index contributed by atoms with van der Waals surface area (Å²) in [6.45, 7) is 0. The van der Waals surface area contributed by atoms with E-state index in [1.165, 1.54) is 0 Å². The van der Waals surface area contributed by atoms with Gasteiger partial charge in [-0.2, -0.15) is 0 Å². The van der Waals surface area contributed by atoms with Crippen molar-refractivity contribution in [3.8, 4) is 5.75 Å². The van der Waals surface area contributed by atoms with E-state index in [2.05, 4.69) is 5.32 Å². The van der Waals surface area contributed by atoms with E-state index in [1.54, 1.807) is 13.3 Å². The molecule has 0 atom stereocenters. The number of hydrogen-bond acceptors (Lipinski definition) is 1. The van der Waals surface area contributed by atoms with Crippen molar-refractivity contribution in [3.63, 3.8) is 0 Å². The van der Waals surface area contributed by atoms with Crippen molar-refractivity contribution >= 4 is 23.4 Å². The highest BCUT2D eigenvalue weighted by atomic mass is 35.5. The maximum atomic E-state index is 5.91. The van der Waals surface area contributed by atoms with Crippen LogP contribution in [0.5, 0.6) is 5.75 Å². The van der Waals surface area contributed by atoms with Crippen LogP contribution in [0.3, 0.4) is 0 Å². The predicted molar refractivity (Wildman–Crippen MR) is 48.8 cm³/mol. The smallest absolute Gasteiger partial charge is 0.139 e. The van der Waals surface area contributed by atoms with E-state index in [0.717, 1.165) is 11.3 Å². The van der Waals surface area contributed by atoms with Crippen LogP contribution in [0, 0.1) is 0 Å². The Hall–Kier alpha value is -1.15. The highest BCUT2D eigenvalue weighted by molar-refractivity contribution is 6.32. The molecule has 2 rings (SSSR count). The molecule has 0 aliphatic carbocycles. The van der Waals surface area contributed by atoms with Crippen LogP contribution in [-0.4, -0.2) is 7.11 Å². The molecule has 1 heterocycles. The van der Waals surface area contributed by atoms with Gasteiger partial charge in [-0.05, 0) is 12.1 Å². The summed E-state index contributed by atoms with van der Waals surface area (Å²) in [5, 5.41) is 4.75. The number of benzene rings is 1. The fourth-order valence-corrected chi connectivity index (χ4v) is 1.41. The molecule has 12 heavy (non-hydrogen) atoms. The number of rotatable bonds is 1. The Balaban J connectivity index is 2.54. The Morgan fingerprint density at radius 3 is 3.00 bits per heavy atom. The molecule has 1 aromatic carbocycles. The van der Waals surface area contributed by atoms with E-state index < -0.39 is 0 Å². The molecule has 0 amide bonds. The van der Waals surface area contributed by atoms with Crippen LogP contribution in [0.25, 0.3) is 6.08 Å². The van der Waals surface area contributed by atoms with E-state index in [9.17, 15) is 0 Å². The predicted octanol–water partition coefficient (Wildman–Crippen LogP) is 2.57. The Labute approximate surface area is 75.8 Å². The second-order valence-electron chi connectivity index (χ2n) is 2.49. The van der Waals surface area contributed by atoms with Gasteiger partial charge in [0.1, 0.15) is 5.75 Å². The maximum absolute atomic E-state index is 5.91. The fraction of sp³-hybridized carbons (Fsp3) is 0.111. The first-order valence-electron chi connectivity index (χ1n) is 3.56. The molecule has 1 radical (unpaired) electrons.